The molecule has 0 amide bonds. The number of hydrogen-bond acceptors (Lipinski definition) is 4. The van der Waals surface area contributed by atoms with Gasteiger partial charge in [-0.05, 0) is 6.54 Å². The third-order valence-corrected chi connectivity index (χ3v) is 2.44. The summed E-state index contributed by atoms with van der Waals surface area (Å²) in [5, 5.41) is 0. The molecule has 2 heterocycles. The van der Waals surface area contributed by atoms with Crippen molar-refractivity contribution in [3.8, 4) is 0 Å². The summed E-state index contributed by atoms with van der Waals surface area (Å²) >= 11 is 0. The minimum absolute atomic E-state index is 0. The van der Waals surface area contributed by atoms with Crippen LogP contribution in [0.15, 0.2) is 6.20 Å². The van der Waals surface area contributed by atoms with Crippen molar-refractivity contribution in [3.63, 3.8) is 0 Å². The fraction of sp³-hybridized carbons (Fsp3) is 0.556. The number of aromatic nitrogens is 2. The van der Waals surface area contributed by atoms with Crippen LogP contribution in [0.2, 0.25) is 0 Å². The van der Waals surface area contributed by atoms with Gasteiger partial charge in [-0.3, -0.25) is 9.88 Å². The van der Waals surface area contributed by atoms with Crippen molar-refractivity contribution >= 4 is 30.6 Å². The van der Waals surface area contributed by atoms with Gasteiger partial charge in [0.2, 0.25) is 0 Å². The lowest BCUT2D eigenvalue weighted by molar-refractivity contribution is 0.261. The molecule has 0 fully saturated rings. The molecule has 1 aromatic rings. The summed E-state index contributed by atoms with van der Waals surface area (Å²) in [6.07, 6.45) is 2.64. The van der Waals surface area contributed by atoms with Crippen LogP contribution >= 0.6 is 24.8 Å². The molecular weight excluding hydrogens is 235 g/mol. The lowest BCUT2D eigenvalue weighted by atomic mass is 10.1. The Balaban J connectivity index is 0.000000980. The number of likely N-dealkylation sites (N-methyl/N-ethyl adjacent to an activating group) is 1. The predicted octanol–water partition coefficient (Wildman–Crippen LogP) is 1.28. The summed E-state index contributed by atoms with van der Waals surface area (Å²) in [6.45, 7) is 5.20. The van der Waals surface area contributed by atoms with Crippen molar-refractivity contribution in [3.05, 3.63) is 17.6 Å². The van der Waals surface area contributed by atoms with Crippen LogP contribution in [0, 0.1) is 0 Å². The van der Waals surface area contributed by atoms with E-state index in [4.69, 9.17) is 5.73 Å². The molecule has 0 saturated heterocycles. The molecule has 0 radical (unpaired) electrons. The second-order valence-corrected chi connectivity index (χ2v) is 3.31. The summed E-state index contributed by atoms with van der Waals surface area (Å²) in [6, 6.07) is 0. The van der Waals surface area contributed by atoms with E-state index in [1.54, 1.807) is 6.20 Å². The fourth-order valence-corrected chi connectivity index (χ4v) is 1.63. The Morgan fingerprint density at radius 1 is 1.40 bits per heavy atom. The number of hydrogen-bond donors (Lipinski definition) is 1. The lowest BCUT2D eigenvalue weighted by Crippen LogP contribution is -2.31. The van der Waals surface area contributed by atoms with E-state index in [9.17, 15) is 0 Å². The van der Waals surface area contributed by atoms with Crippen LogP contribution in [0.1, 0.15) is 18.3 Å². The summed E-state index contributed by atoms with van der Waals surface area (Å²) in [5.41, 5.74) is 7.74. The number of anilines is 1. The molecule has 0 saturated carbocycles. The first-order chi connectivity index (χ1) is 6.29. The molecule has 0 unspecified atom stereocenters. The largest absolute Gasteiger partial charge is 0.382 e. The van der Waals surface area contributed by atoms with Crippen LogP contribution in [0.4, 0.5) is 5.82 Å². The maximum absolute atomic E-state index is 5.58. The summed E-state index contributed by atoms with van der Waals surface area (Å²) < 4.78 is 0. The van der Waals surface area contributed by atoms with Crippen LogP contribution in [-0.4, -0.2) is 28.0 Å². The van der Waals surface area contributed by atoms with E-state index in [2.05, 4.69) is 21.8 Å². The van der Waals surface area contributed by atoms with Crippen molar-refractivity contribution < 1.29 is 0 Å². The molecule has 1 aliphatic heterocycles. The molecular formula is C9H16Cl2N4. The van der Waals surface area contributed by atoms with E-state index >= 15 is 0 Å². The van der Waals surface area contributed by atoms with E-state index in [0.717, 1.165) is 37.4 Å². The summed E-state index contributed by atoms with van der Waals surface area (Å²) in [5.74, 6) is 0.525. The molecule has 0 spiro atoms. The molecule has 2 rings (SSSR count). The Bertz CT molecular complexity index is 319. The van der Waals surface area contributed by atoms with E-state index in [-0.39, 0.29) is 24.8 Å². The van der Waals surface area contributed by atoms with Crippen LogP contribution in [0.25, 0.3) is 0 Å². The molecule has 0 aromatic carbocycles. The molecule has 2 N–H and O–H groups in total. The highest BCUT2D eigenvalue weighted by atomic mass is 35.5. The molecule has 1 aliphatic rings. The van der Waals surface area contributed by atoms with E-state index in [1.165, 1.54) is 0 Å². The van der Waals surface area contributed by atoms with Crippen LogP contribution in [0.5, 0.6) is 0 Å². The van der Waals surface area contributed by atoms with Gasteiger partial charge in [0.05, 0.1) is 17.6 Å². The standard InChI is InChI=1S/C9H14N4.2ClH/c1-2-13-4-3-7-8(6-13)12-9(10)5-11-7;;/h5H,2-4,6H2,1H3,(H2,10,12);2*1H. The molecule has 0 aliphatic carbocycles. The van der Waals surface area contributed by atoms with Gasteiger partial charge >= 0.3 is 0 Å². The Labute approximate surface area is 102 Å². The highest BCUT2D eigenvalue weighted by molar-refractivity contribution is 5.85. The zero-order chi connectivity index (χ0) is 9.26. The van der Waals surface area contributed by atoms with Gasteiger partial charge in [0.25, 0.3) is 0 Å². The Morgan fingerprint density at radius 2 is 2.13 bits per heavy atom. The van der Waals surface area contributed by atoms with Gasteiger partial charge in [0.15, 0.2) is 0 Å². The molecule has 1 aromatic heterocycles. The third-order valence-electron chi connectivity index (χ3n) is 2.44. The minimum atomic E-state index is 0. The van der Waals surface area contributed by atoms with Crippen molar-refractivity contribution in [2.75, 3.05) is 18.8 Å². The highest BCUT2D eigenvalue weighted by Gasteiger charge is 2.16. The van der Waals surface area contributed by atoms with Crippen molar-refractivity contribution in [1.29, 1.82) is 0 Å². The second kappa shape index (κ2) is 6.10. The minimum Gasteiger partial charge on any atom is -0.382 e. The molecule has 0 atom stereocenters. The Kier molecular flexibility index (Phi) is 5.87. The normalized spacial score (nSPS) is 14.7. The first-order valence-electron chi connectivity index (χ1n) is 4.62. The van der Waals surface area contributed by atoms with E-state index < -0.39 is 0 Å². The zero-order valence-electron chi connectivity index (χ0n) is 8.64. The van der Waals surface area contributed by atoms with Crippen LogP contribution < -0.4 is 5.73 Å². The van der Waals surface area contributed by atoms with Gasteiger partial charge in [-0.2, -0.15) is 0 Å². The second-order valence-electron chi connectivity index (χ2n) is 3.31. The van der Waals surface area contributed by atoms with E-state index in [1.807, 2.05) is 0 Å². The van der Waals surface area contributed by atoms with Crippen LogP contribution in [-0.2, 0) is 13.0 Å². The van der Waals surface area contributed by atoms with Crippen molar-refractivity contribution in [2.24, 2.45) is 0 Å². The van der Waals surface area contributed by atoms with Gasteiger partial charge in [-0.25, -0.2) is 4.98 Å². The van der Waals surface area contributed by atoms with Crippen LogP contribution in [0.3, 0.4) is 0 Å². The average molecular weight is 251 g/mol. The average Bonchev–Trinajstić information content (AvgIpc) is 2.16. The smallest absolute Gasteiger partial charge is 0.142 e. The number of nitrogen functional groups attached to an aromatic ring is 1. The molecule has 4 nitrogen and oxygen atoms in total. The van der Waals surface area contributed by atoms with Crippen molar-refractivity contribution in [1.82, 2.24) is 14.9 Å². The van der Waals surface area contributed by atoms with Gasteiger partial charge in [0.1, 0.15) is 5.82 Å². The topological polar surface area (TPSA) is 55.0 Å². The Hall–Kier alpha value is -0.580. The zero-order valence-corrected chi connectivity index (χ0v) is 10.3. The molecule has 0 bridgehead atoms. The number of nitrogens with two attached hydrogens (primary N) is 1. The number of nitrogens with zero attached hydrogens (tertiary/aromatic N) is 3. The van der Waals surface area contributed by atoms with Gasteiger partial charge in [0, 0.05) is 19.5 Å². The summed E-state index contributed by atoms with van der Waals surface area (Å²) in [7, 11) is 0. The quantitative estimate of drug-likeness (QED) is 0.816. The Morgan fingerprint density at radius 3 is 2.80 bits per heavy atom. The fourth-order valence-electron chi connectivity index (χ4n) is 1.63. The molecule has 15 heavy (non-hydrogen) atoms. The third kappa shape index (κ3) is 3.19. The lowest BCUT2D eigenvalue weighted by Gasteiger charge is -2.25. The van der Waals surface area contributed by atoms with Crippen molar-refractivity contribution in [2.45, 2.75) is 19.9 Å². The molecule has 86 valence electrons. The number of fused-ring (bicyclic) bond motifs is 1. The monoisotopic (exact) mass is 250 g/mol. The molecule has 6 heteroatoms. The first kappa shape index (κ1) is 14.4. The maximum atomic E-state index is 5.58. The van der Waals surface area contributed by atoms with Gasteiger partial charge in [-0.15, -0.1) is 24.8 Å². The number of rotatable bonds is 1. The maximum Gasteiger partial charge on any atom is 0.142 e. The predicted molar refractivity (Wildman–Crippen MR) is 65.6 cm³/mol. The van der Waals surface area contributed by atoms with Gasteiger partial charge in [-0.1, -0.05) is 6.92 Å². The number of halogens is 2. The van der Waals surface area contributed by atoms with E-state index in [0.29, 0.717) is 5.82 Å². The summed E-state index contributed by atoms with van der Waals surface area (Å²) in [4.78, 5) is 10.9. The highest BCUT2D eigenvalue weighted by Crippen LogP contribution is 2.15. The van der Waals surface area contributed by atoms with Gasteiger partial charge < -0.3 is 5.73 Å². The first-order valence-corrected chi connectivity index (χ1v) is 4.62. The SMILES string of the molecule is CCN1CCc2ncc(N)nc2C1.Cl.Cl.